The Kier molecular flexibility index (Phi) is 7.97. The number of thiophene rings is 1. The number of rotatable bonds is 7. The highest BCUT2D eigenvalue weighted by Crippen LogP contribution is 2.14. The van der Waals surface area contributed by atoms with Crippen molar-refractivity contribution < 1.29 is 9.53 Å². The van der Waals surface area contributed by atoms with Crippen LogP contribution < -0.4 is 11.1 Å². The highest BCUT2D eigenvalue weighted by molar-refractivity contribution is 7.14. The van der Waals surface area contributed by atoms with Gasteiger partial charge in [0.15, 0.2) is 0 Å². The van der Waals surface area contributed by atoms with E-state index in [2.05, 4.69) is 31.0 Å². The molecule has 3 N–H and O–H groups in total. The third kappa shape index (κ3) is 6.71. The minimum absolute atomic E-state index is 0.0803. The van der Waals surface area contributed by atoms with E-state index in [1.807, 2.05) is 6.07 Å². The molecule has 0 spiro atoms. The van der Waals surface area contributed by atoms with Crippen LogP contribution in [0, 0.1) is 17.8 Å². The summed E-state index contributed by atoms with van der Waals surface area (Å²) < 4.78 is 5.44. The monoisotopic (exact) mass is 294 g/mol. The predicted molar refractivity (Wildman–Crippen MR) is 82.9 cm³/mol. The zero-order valence-electron chi connectivity index (χ0n) is 12.1. The first-order valence-corrected chi connectivity index (χ1v) is 7.60. The zero-order chi connectivity index (χ0) is 14.8. The molecule has 0 saturated carbocycles. The molecule has 1 heterocycles. The van der Waals surface area contributed by atoms with E-state index in [1.54, 1.807) is 6.07 Å². The maximum absolute atomic E-state index is 11.8. The molecule has 0 aliphatic heterocycles. The highest BCUT2D eigenvalue weighted by Gasteiger charge is 2.07. The van der Waals surface area contributed by atoms with Crippen LogP contribution in [0.15, 0.2) is 12.1 Å². The van der Waals surface area contributed by atoms with Crippen molar-refractivity contribution in [1.29, 1.82) is 0 Å². The van der Waals surface area contributed by atoms with Crippen LogP contribution in [-0.2, 0) is 4.74 Å². The van der Waals surface area contributed by atoms with Gasteiger partial charge in [-0.15, -0.1) is 11.3 Å². The zero-order valence-corrected chi connectivity index (χ0v) is 12.9. The van der Waals surface area contributed by atoms with Crippen molar-refractivity contribution in [3.8, 4) is 11.8 Å². The second-order valence-electron chi connectivity index (χ2n) is 4.72. The van der Waals surface area contributed by atoms with E-state index in [4.69, 9.17) is 10.5 Å². The van der Waals surface area contributed by atoms with E-state index in [0.717, 1.165) is 17.9 Å². The third-order valence-corrected chi connectivity index (χ3v) is 3.51. The Morgan fingerprint density at radius 1 is 1.45 bits per heavy atom. The lowest BCUT2D eigenvalue weighted by Gasteiger charge is -2.07. The lowest BCUT2D eigenvalue weighted by Crippen LogP contribution is -2.26. The van der Waals surface area contributed by atoms with Crippen LogP contribution in [0.25, 0.3) is 0 Å². The minimum atomic E-state index is -0.0803. The van der Waals surface area contributed by atoms with Crippen LogP contribution in [0.3, 0.4) is 0 Å². The van der Waals surface area contributed by atoms with Gasteiger partial charge in [-0.25, -0.2) is 0 Å². The van der Waals surface area contributed by atoms with Gasteiger partial charge in [0.25, 0.3) is 5.91 Å². The molecule has 1 amide bonds. The van der Waals surface area contributed by atoms with Gasteiger partial charge in [0.2, 0.25) is 0 Å². The molecule has 0 aliphatic rings. The van der Waals surface area contributed by atoms with Crippen molar-refractivity contribution >= 4 is 17.2 Å². The van der Waals surface area contributed by atoms with Gasteiger partial charge in [-0.1, -0.05) is 25.7 Å². The summed E-state index contributed by atoms with van der Waals surface area (Å²) in [6, 6.07) is 3.61. The number of carbonyl (C=O) groups excluding carboxylic acids is 1. The van der Waals surface area contributed by atoms with Crippen molar-refractivity contribution in [2.24, 2.45) is 11.7 Å². The van der Waals surface area contributed by atoms with Gasteiger partial charge in [-0.05, 0) is 24.5 Å². The van der Waals surface area contributed by atoms with Crippen molar-refractivity contribution in [3.05, 3.63) is 21.9 Å². The molecular weight excluding hydrogens is 272 g/mol. The topological polar surface area (TPSA) is 64.3 Å². The van der Waals surface area contributed by atoms with Gasteiger partial charge in [-0.2, -0.15) is 0 Å². The van der Waals surface area contributed by atoms with Crippen LogP contribution in [0.4, 0.5) is 0 Å². The summed E-state index contributed by atoms with van der Waals surface area (Å²) in [5, 5.41) is 2.83. The molecule has 4 nitrogen and oxygen atoms in total. The fourth-order valence-corrected chi connectivity index (χ4v) is 2.21. The van der Waals surface area contributed by atoms with Gasteiger partial charge in [0.05, 0.1) is 22.9 Å². The van der Waals surface area contributed by atoms with Crippen LogP contribution in [-0.4, -0.2) is 32.2 Å². The van der Waals surface area contributed by atoms with Gasteiger partial charge >= 0.3 is 0 Å². The Morgan fingerprint density at radius 3 is 2.95 bits per heavy atom. The average molecular weight is 294 g/mol. The van der Waals surface area contributed by atoms with Crippen LogP contribution in [0.2, 0.25) is 0 Å². The predicted octanol–water partition coefficient (Wildman–Crippen LogP) is 1.85. The number of nitrogens with two attached hydrogens (primary N) is 1. The molecule has 0 aliphatic carbocycles. The van der Waals surface area contributed by atoms with Crippen LogP contribution in [0.5, 0.6) is 0 Å². The first-order chi connectivity index (χ1) is 9.63. The summed E-state index contributed by atoms with van der Waals surface area (Å²) in [4.78, 5) is 13.4. The third-order valence-electron chi connectivity index (χ3n) is 2.51. The molecule has 5 heteroatoms. The standard InChI is InChI=1S/C15H22N2O2S/c1-12(2)7-10-19-11-9-17-15(18)14-6-5-13(20-14)4-3-8-16/h5-6,12H,7-11,16H2,1-2H3,(H,17,18). The molecule has 110 valence electrons. The van der Waals surface area contributed by atoms with E-state index in [1.165, 1.54) is 11.3 Å². The molecule has 0 saturated heterocycles. The molecule has 1 rings (SSSR count). The normalized spacial score (nSPS) is 10.2. The van der Waals surface area contributed by atoms with E-state index in [0.29, 0.717) is 30.5 Å². The Hall–Kier alpha value is -1.35. The summed E-state index contributed by atoms with van der Waals surface area (Å²) in [5.74, 6) is 6.24. The molecular formula is C15H22N2O2S. The van der Waals surface area contributed by atoms with Crippen LogP contribution in [0.1, 0.15) is 34.8 Å². The van der Waals surface area contributed by atoms with E-state index >= 15 is 0 Å². The van der Waals surface area contributed by atoms with Gasteiger partial charge in [0.1, 0.15) is 0 Å². The summed E-state index contributed by atoms with van der Waals surface area (Å²) in [5.41, 5.74) is 5.31. The van der Waals surface area contributed by atoms with E-state index < -0.39 is 0 Å². The number of ether oxygens (including phenoxy) is 1. The van der Waals surface area contributed by atoms with Gasteiger partial charge in [-0.3, -0.25) is 4.79 Å². The molecule has 20 heavy (non-hydrogen) atoms. The first-order valence-electron chi connectivity index (χ1n) is 6.78. The van der Waals surface area contributed by atoms with Gasteiger partial charge in [0, 0.05) is 13.2 Å². The smallest absolute Gasteiger partial charge is 0.261 e. The van der Waals surface area contributed by atoms with Crippen molar-refractivity contribution in [3.63, 3.8) is 0 Å². The summed E-state index contributed by atoms with van der Waals surface area (Å²) >= 11 is 1.37. The maximum atomic E-state index is 11.8. The molecule has 1 aromatic heterocycles. The average Bonchev–Trinajstić information content (AvgIpc) is 2.88. The highest BCUT2D eigenvalue weighted by atomic mass is 32.1. The first kappa shape index (κ1) is 16.7. The Bertz CT molecular complexity index is 472. The fraction of sp³-hybridized carbons (Fsp3) is 0.533. The molecule has 0 radical (unpaired) electrons. The number of nitrogens with one attached hydrogen (secondary N) is 1. The molecule has 0 fully saturated rings. The Balaban J connectivity index is 2.24. The lowest BCUT2D eigenvalue weighted by molar-refractivity contribution is 0.0909. The van der Waals surface area contributed by atoms with E-state index in [9.17, 15) is 4.79 Å². The summed E-state index contributed by atoms with van der Waals surface area (Å²) in [6.07, 6.45) is 1.04. The number of carbonyl (C=O) groups is 1. The summed E-state index contributed by atoms with van der Waals surface area (Å²) in [7, 11) is 0. The molecule has 0 unspecified atom stereocenters. The van der Waals surface area contributed by atoms with Gasteiger partial charge < -0.3 is 15.8 Å². The summed E-state index contributed by atoms with van der Waals surface area (Å²) in [6.45, 7) is 6.46. The fourth-order valence-electron chi connectivity index (χ4n) is 1.41. The minimum Gasteiger partial charge on any atom is -0.380 e. The SMILES string of the molecule is CC(C)CCOCCNC(=O)c1ccc(C#CCN)s1. The molecule has 0 bridgehead atoms. The number of amides is 1. The maximum Gasteiger partial charge on any atom is 0.261 e. The molecule has 0 atom stereocenters. The number of hydrogen-bond acceptors (Lipinski definition) is 4. The second-order valence-corrected chi connectivity index (χ2v) is 5.80. The van der Waals surface area contributed by atoms with Crippen LogP contribution >= 0.6 is 11.3 Å². The Morgan fingerprint density at radius 2 is 2.25 bits per heavy atom. The van der Waals surface area contributed by atoms with E-state index in [-0.39, 0.29) is 5.91 Å². The quantitative estimate of drug-likeness (QED) is 0.596. The Labute approximate surface area is 124 Å². The van der Waals surface area contributed by atoms with Crippen molar-refractivity contribution in [2.75, 3.05) is 26.3 Å². The van der Waals surface area contributed by atoms with Crippen molar-refractivity contribution in [1.82, 2.24) is 5.32 Å². The lowest BCUT2D eigenvalue weighted by atomic mass is 10.1. The molecule has 1 aromatic rings. The largest absolute Gasteiger partial charge is 0.380 e. The van der Waals surface area contributed by atoms with Crippen molar-refractivity contribution in [2.45, 2.75) is 20.3 Å². The molecule has 0 aromatic carbocycles. The second kappa shape index (κ2) is 9.54. The number of hydrogen-bond donors (Lipinski definition) is 2.